The van der Waals surface area contributed by atoms with Gasteiger partial charge in [-0.3, -0.25) is 19.7 Å². The van der Waals surface area contributed by atoms with Gasteiger partial charge in [-0.25, -0.2) is 0 Å². The third kappa shape index (κ3) is 5.64. The molecule has 0 aliphatic heterocycles. The molecule has 1 N–H and O–H groups in total. The minimum atomic E-state index is -1.17. The summed E-state index contributed by atoms with van der Waals surface area (Å²) in [6, 6.07) is 7.82. The predicted molar refractivity (Wildman–Crippen MR) is 100 cm³/mol. The number of anilines is 1. The first-order chi connectivity index (χ1) is 13.7. The van der Waals surface area contributed by atoms with Crippen LogP contribution >= 0.6 is 0 Å². The molecule has 0 fully saturated rings. The maximum absolute atomic E-state index is 13.4. The molecule has 10 heteroatoms. The minimum absolute atomic E-state index is 0.00545. The number of amides is 1. The van der Waals surface area contributed by atoms with Gasteiger partial charge in [0.2, 0.25) is 5.82 Å². The third-order valence-corrected chi connectivity index (χ3v) is 3.88. The number of ether oxygens (including phenoxy) is 3. The lowest BCUT2D eigenvalue weighted by atomic mass is 10.1. The number of halogens is 1. The van der Waals surface area contributed by atoms with E-state index >= 15 is 0 Å². The summed E-state index contributed by atoms with van der Waals surface area (Å²) in [7, 11) is 2.95. The quantitative estimate of drug-likeness (QED) is 0.407. The fourth-order valence-electron chi connectivity index (χ4n) is 2.42. The Morgan fingerprint density at radius 1 is 1.14 bits per heavy atom. The van der Waals surface area contributed by atoms with Crippen molar-refractivity contribution in [3.05, 3.63) is 57.9 Å². The van der Waals surface area contributed by atoms with Crippen LogP contribution in [0.4, 0.5) is 15.8 Å². The molecule has 0 radical (unpaired) electrons. The summed E-state index contributed by atoms with van der Waals surface area (Å²) in [5.41, 5.74) is -0.179. The number of hydrogen-bond acceptors (Lipinski definition) is 7. The molecule has 1 atom stereocenters. The molecule has 0 bridgehead atoms. The van der Waals surface area contributed by atoms with Crippen molar-refractivity contribution < 1.29 is 33.1 Å². The van der Waals surface area contributed by atoms with Gasteiger partial charge in [-0.1, -0.05) is 6.07 Å². The first-order valence-electron chi connectivity index (χ1n) is 8.40. The van der Waals surface area contributed by atoms with Crippen LogP contribution < -0.4 is 14.8 Å². The van der Waals surface area contributed by atoms with Gasteiger partial charge >= 0.3 is 11.7 Å². The smallest absolute Gasteiger partial charge is 0.311 e. The molecule has 0 aliphatic rings. The number of esters is 1. The highest BCUT2D eigenvalue weighted by Gasteiger charge is 2.21. The van der Waals surface area contributed by atoms with Crippen molar-refractivity contribution >= 4 is 23.3 Å². The maximum atomic E-state index is 13.4. The van der Waals surface area contributed by atoms with Crippen molar-refractivity contribution in [3.8, 4) is 11.5 Å². The Kier molecular flexibility index (Phi) is 7.07. The zero-order valence-corrected chi connectivity index (χ0v) is 15.9. The van der Waals surface area contributed by atoms with E-state index in [-0.39, 0.29) is 12.1 Å². The van der Waals surface area contributed by atoms with Crippen molar-refractivity contribution in [1.29, 1.82) is 0 Å². The van der Waals surface area contributed by atoms with Crippen LogP contribution in [0.3, 0.4) is 0 Å². The molecule has 29 heavy (non-hydrogen) atoms. The second-order valence-corrected chi connectivity index (χ2v) is 5.91. The van der Waals surface area contributed by atoms with Crippen LogP contribution in [0.25, 0.3) is 0 Å². The van der Waals surface area contributed by atoms with Gasteiger partial charge in [0.05, 0.1) is 25.6 Å². The van der Waals surface area contributed by atoms with Gasteiger partial charge in [0.1, 0.15) is 0 Å². The molecule has 0 aliphatic carbocycles. The van der Waals surface area contributed by atoms with Crippen molar-refractivity contribution in [2.75, 3.05) is 19.5 Å². The molecule has 2 aromatic rings. The van der Waals surface area contributed by atoms with E-state index in [4.69, 9.17) is 14.2 Å². The SMILES string of the molecule is COc1ccc(CC(=O)O[C@H](C)C(=O)Nc2ccc(F)c([N+](=O)[O-])c2)cc1OC. The average molecular weight is 406 g/mol. The van der Waals surface area contributed by atoms with Gasteiger partial charge in [0, 0.05) is 11.8 Å². The highest BCUT2D eigenvalue weighted by Crippen LogP contribution is 2.28. The molecule has 154 valence electrons. The lowest BCUT2D eigenvalue weighted by molar-refractivity contribution is -0.387. The van der Waals surface area contributed by atoms with Gasteiger partial charge in [-0.05, 0) is 36.8 Å². The third-order valence-electron chi connectivity index (χ3n) is 3.88. The van der Waals surface area contributed by atoms with Gasteiger partial charge < -0.3 is 19.5 Å². The zero-order chi connectivity index (χ0) is 21.6. The minimum Gasteiger partial charge on any atom is -0.493 e. The molecule has 2 rings (SSSR count). The zero-order valence-electron chi connectivity index (χ0n) is 15.9. The van der Waals surface area contributed by atoms with Crippen molar-refractivity contribution in [2.45, 2.75) is 19.4 Å². The Bertz CT molecular complexity index is 933. The van der Waals surface area contributed by atoms with E-state index in [1.807, 2.05) is 0 Å². The van der Waals surface area contributed by atoms with Crippen LogP contribution in [-0.4, -0.2) is 37.1 Å². The van der Waals surface area contributed by atoms with E-state index in [0.717, 1.165) is 12.1 Å². The molecular formula is C19H19FN2O7. The number of carbonyl (C=O) groups excluding carboxylic acids is 2. The summed E-state index contributed by atoms with van der Waals surface area (Å²) in [5, 5.41) is 13.1. The van der Waals surface area contributed by atoms with Crippen molar-refractivity contribution in [2.24, 2.45) is 0 Å². The average Bonchev–Trinajstić information content (AvgIpc) is 2.68. The fourth-order valence-corrected chi connectivity index (χ4v) is 2.42. The summed E-state index contributed by atoms with van der Waals surface area (Å²) in [4.78, 5) is 34.1. The largest absolute Gasteiger partial charge is 0.493 e. The highest BCUT2D eigenvalue weighted by molar-refractivity contribution is 5.95. The first-order valence-corrected chi connectivity index (χ1v) is 8.40. The van der Waals surface area contributed by atoms with Crippen LogP contribution in [0.15, 0.2) is 36.4 Å². The molecule has 0 saturated carbocycles. The molecule has 0 heterocycles. The van der Waals surface area contributed by atoms with E-state index in [1.54, 1.807) is 18.2 Å². The lowest BCUT2D eigenvalue weighted by Gasteiger charge is -2.14. The molecule has 1 amide bonds. The molecule has 0 aromatic heterocycles. The van der Waals surface area contributed by atoms with Gasteiger partial charge in [0.25, 0.3) is 5.91 Å². The van der Waals surface area contributed by atoms with E-state index in [0.29, 0.717) is 17.1 Å². The lowest BCUT2D eigenvalue weighted by Crippen LogP contribution is -2.30. The van der Waals surface area contributed by atoms with Crippen LogP contribution in [0.2, 0.25) is 0 Å². The van der Waals surface area contributed by atoms with Crippen molar-refractivity contribution in [1.82, 2.24) is 0 Å². The summed E-state index contributed by atoms with van der Waals surface area (Å²) in [6.45, 7) is 1.35. The fraction of sp³-hybridized carbons (Fsp3) is 0.263. The monoisotopic (exact) mass is 406 g/mol. The number of rotatable bonds is 8. The number of methoxy groups -OCH3 is 2. The van der Waals surface area contributed by atoms with Crippen LogP contribution in [0.5, 0.6) is 11.5 Å². The first kappa shape index (κ1) is 21.6. The van der Waals surface area contributed by atoms with Gasteiger partial charge in [-0.15, -0.1) is 0 Å². The Hall–Kier alpha value is -3.69. The molecule has 2 aromatic carbocycles. The molecular weight excluding hydrogens is 387 g/mol. The molecule has 0 saturated heterocycles. The Morgan fingerprint density at radius 2 is 1.83 bits per heavy atom. The second-order valence-electron chi connectivity index (χ2n) is 5.91. The topological polar surface area (TPSA) is 117 Å². The Morgan fingerprint density at radius 3 is 2.45 bits per heavy atom. The number of carbonyl (C=O) groups is 2. The number of benzene rings is 2. The standard InChI is InChI=1S/C19H19FN2O7/c1-11(19(24)21-13-5-6-14(20)15(10-13)22(25)26)29-18(23)9-12-4-7-16(27-2)17(8-12)28-3/h4-8,10-11H,9H2,1-3H3,(H,21,24)/t11-/m1/s1. The van der Waals surface area contributed by atoms with E-state index in [1.165, 1.54) is 27.2 Å². The summed E-state index contributed by atoms with van der Waals surface area (Å²) >= 11 is 0. The number of nitrogens with one attached hydrogen (secondary N) is 1. The van der Waals surface area contributed by atoms with Gasteiger partial charge in [-0.2, -0.15) is 4.39 Å². The van der Waals surface area contributed by atoms with Crippen LogP contribution in [-0.2, 0) is 20.7 Å². The summed E-state index contributed by atoms with van der Waals surface area (Å²) in [5.74, 6) is -1.45. The Balaban J connectivity index is 1.98. The van der Waals surface area contributed by atoms with Crippen LogP contribution in [0.1, 0.15) is 12.5 Å². The maximum Gasteiger partial charge on any atom is 0.311 e. The second kappa shape index (κ2) is 9.49. The van der Waals surface area contributed by atoms with E-state index in [2.05, 4.69) is 5.32 Å². The normalized spacial score (nSPS) is 11.3. The van der Waals surface area contributed by atoms with Crippen LogP contribution in [0, 0.1) is 15.9 Å². The molecule has 9 nitrogen and oxygen atoms in total. The number of nitrogens with zero attached hydrogens (tertiary/aromatic N) is 1. The Labute approximate surface area is 165 Å². The number of nitro benzene ring substituents is 1. The molecule has 0 unspecified atom stereocenters. The predicted octanol–water partition coefficient (Wildman–Crippen LogP) is 2.86. The van der Waals surface area contributed by atoms with Crippen molar-refractivity contribution in [3.63, 3.8) is 0 Å². The molecule has 0 spiro atoms. The van der Waals surface area contributed by atoms with E-state index < -0.39 is 34.4 Å². The summed E-state index contributed by atoms with van der Waals surface area (Å²) in [6.07, 6.45) is -1.29. The summed E-state index contributed by atoms with van der Waals surface area (Å²) < 4.78 is 28.7. The van der Waals surface area contributed by atoms with Gasteiger partial charge in [0.15, 0.2) is 17.6 Å². The number of nitro groups is 1. The number of hydrogen-bond donors (Lipinski definition) is 1. The van der Waals surface area contributed by atoms with E-state index in [9.17, 15) is 24.1 Å². The highest BCUT2D eigenvalue weighted by atomic mass is 19.1.